The number of ether oxygens (including phenoxy) is 2. The SMILES string of the molecule is CCCCCCCCCCCCCCCC(=O)OCC[N+](CCO)(CCO)CCOC(=O)CCCCCCCCCCCCCCC. The first-order valence-electron chi connectivity index (χ1n) is 20.4. The minimum Gasteiger partial charge on any atom is -0.460 e. The Bertz CT molecular complexity index is 617. The van der Waals surface area contributed by atoms with Gasteiger partial charge in [-0.05, 0) is 12.8 Å². The van der Waals surface area contributed by atoms with Gasteiger partial charge < -0.3 is 24.2 Å². The number of unbranched alkanes of at least 4 members (excludes halogenated alkanes) is 24. The van der Waals surface area contributed by atoms with Crippen molar-refractivity contribution < 1.29 is 33.8 Å². The first-order chi connectivity index (χ1) is 23.0. The highest BCUT2D eigenvalue weighted by Gasteiger charge is 2.27. The molecule has 7 nitrogen and oxygen atoms in total. The molecule has 0 atom stereocenters. The van der Waals surface area contributed by atoms with E-state index < -0.39 is 0 Å². The van der Waals surface area contributed by atoms with Gasteiger partial charge in [-0.1, -0.05) is 168 Å². The van der Waals surface area contributed by atoms with E-state index in [4.69, 9.17) is 9.47 Å². The number of aliphatic hydroxyl groups is 2. The molecule has 0 aliphatic carbocycles. The Balaban J connectivity index is 3.95. The Morgan fingerprint density at radius 1 is 0.404 bits per heavy atom. The molecule has 0 aliphatic rings. The van der Waals surface area contributed by atoms with Crippen LogP contribution in [0.25, 0.3) is 0 Å². The minimum atomic E-state index is -0.177. The van der Waals surface area contributed by atoms with Crippen LogP contribution in [0, 0.1) is 0 Å². The summed E-state index contributed by atoms with van der Waals surface area (Å²) < 4.78 is 11.4. The molecule has 0 radical (unpaired) electrons. The van der Waals surface area contributed by atoms with E-state index in [1.165, 1.54) is 141 Å². The van der Waals surface area contributed by atoms with Crippen LogP contribution in [0.5, 0.6) is 0 Å². The van der Waals surface area contributed by atoms with Gasteiger partial charge in [0.15, 0.2) is 0 Å². The second-order valence-electron chi connectivity index (χ2n) is 14.1. The molecule has 0 aromatic heterocycles. The largest absolute Gasteiger partial charge is 0.460 e. The number of aliphatic hydroxyl groups excluding tert-OH is 2. The van der Waals surface area contributed by atoms with Gasteiger partial charge in [-0.25, -0.2) is 0 Å². The Labute approximate surface area is 291 Å². The molecule has 0 saturated carbocycles. The fourth-order valence-electron chi connectivity index (χ4n) is 6.52. The molecule has 0 aromatic rings. The molecule has 7 heteroatoms. The number of nitrogens with zero attached hydrogens (tertiary/aromatic N) is 1. The van der Waals surface area contributed by atoms with Crippen molar-refractivity contribution in [3.05, 3.63) is 0 Å². The summed E-state index contributed by atoms with van der Waals surface area (Å²) in [4.78, 5) is 24.6. The summed E-state index contributed by atoms with van der Waals surface area (Å²) in [6.45, 7) is 6.74. The predicted octanol–water partition coefficient (Wildman–Crippen LogP) is 9.84. The number of hydrogen-bond donors (Lipinski definition) is 2. The van der Waals surface area contributed by atoms with Gasteiger partial charge in [-0.3, -0.25) is 9.59 Å². The number of carbonyl (C=O) groups excluding carboxylic acids is 2. The lowest BCUT2D eigenvalue weighted by Gasteiger charge is -2.37. The molecule has 0 aliphatic heterocycles. The molecule has 0 bridgehead atoms. The van der Waals surface area contributed by atoms with E-state index in [0.29, 0.717) is 43.5 Å². The fraction of sp³-hybridized carbons (Fsp3) is 0.950. The second kappa shape index (κ2) is 36.1. The van der Waals surface area contributed by atoms with E-state index in [0.717, 1.165) is 25.7 Å². The first kappa shape index (κ1) is 45.8. The topological polar surface area (TPSA) is 93.1 Å². The smallest absolute Gasteiger partial charge is 0.305 e. The summed E-state index contributed by atoms with van der Waals surface area (Å²) in [6.07, 6.45) is 34.0. The second-order valence-corrected chi connectivity index (χ2v) is 14.1. The van der Waals surface area contributed by atoms with Gasteiger partial charge in [-0.15, -0.1) is 0 Å². The number of hydrogen-bond acceptors (Lipinski definition) is 6. The third kappa shape index (κ3) is 31.8. The van der Waals surface area contributed by atoms with Crippen molar-refractivity contribution >= 4 is 11.9 Å². The van der Waals surface area contributed by atoms with Crippen LogP contribution >= 0.6 is 0 Å². The highest BCUT2D eigenvalue weighted by atomic mass is 16.5. The summed E-state index contributed by atoms with van der Waals surface area (Å²) in [5.41, 5.74) is 0. The molecule has 0 heterocycles. The summed E-state index contributed by atoms with van der Waals surface area (Å²) in [7, 11) is 0. The van der Waals surface area contributed by atoms with Crippen molar-refractivity contribution in [3.8, 4) is 0 Å². The maximum absolute atomic E-state index is 12.3. The quantitative estimate of drug-likeness (QED) is 0.0386. The molecule has 280 valence electrons. The molecular formula is C40H80NO6+. The Kier molecular flexibility index (Phi) is 35.2. The molecule has 0 spiro atoms. The van der Waals surface area contributed by atoms with Crippen LogP contribution in [-0.2, 0) is 19.1 Å². The van der Waals surface area contributed by atoms with Crippen molar-refractivity contribution in [2.24, 2.45) is 0 Å². The minimum absolute atomic E-state index is 0.0419. The van der Waals surface area contributed by atoms with Crippen molar-refractivity contribution in [3.63, 3.8) is 0 Å². The van der Waals surface area contributed by atoms with Gasteiger partial charge in [0.2, 0.25) is 0 Å². The van der Waals surface area contributed by atoms with E-state index in [1.54, 1.807) is 0 Å². The molecule has 0 unspecified atom stereocenters. The highest BCUT2D eigenvalue weighted by Crippen LogP contribution is 2.15. The monoisotopic (exact) mass is 671 g/mol. The van der Waals surface area contributed by atoms with Crippen molar-refractivity contribution in [2.45, 2.75) is 194 Å². The molecule has 0 fully saturated rings. The van der Waals surface area contributed by atoms with E-state index >= 15 is 0 Å². The van der Waals surface area contributed by atoms with Crippen LogP contribution in [0.15, 0.2) is 0 Å². The van der Waals surface area contributed by atoms with E-state index in [1.807, 2.05) is 0 Å². The third-order valence-electron chi connectivity index (χ3n) is 9.77. The Morgan fingerprint density at radius 3 is 0.915 bits per heavy atom. The molecule has 47 heavy (non-hydrogen) atoms. The summed E-state index contributed by atoms with van der Waals surface area (Å²) >= 11 is 0. The zero-order valence-electron chi connectivity index (χ0n) is 31.4. The number of quaternary nitrogens is 1. The molecule has 0 aromatic carbocycles. The van der Waals surface area contributed by atoms with Gasteiger partial charge >= 0.3 is 11.9 Å². The maximum atomic E-state index is 12.3. The van der Waals surface area contributed by atoms with Crippen molar-refractivity contribution in [1.82, 2.24) is 0 Å². The van der Waals surface area contributed by atoms with Gasteiger partial charge in [-0.2, -0.15) is 0 Å². The van der Waals surface area contributed by atoms with Crippen LogP contribution < -0.4 is 0 Å². The van der Waals surface area contributed by atoms with E-state index in [2.05, 4.69) is 13.8 Å². The van der Waals surface area contributed by atoms with Crippen LogP contribution in [0.3, 0.4) is 0 Å². The Morgan fingerprint density at radius 2 is 0.660 bits per heavy atom. The predicted molar refractivity (Wildman–Crippen MR) is 196 cm³/mol. The summed E-state index contributed by atoms with van der Waals surface area (Å²) in [6, 6.07) is 0. The number of esters is 2. The first-order valence-corrected chi connectivity index (χ1v) is 20.4. The van der Waals surface area contributed by atoms with Crippen LogP contribution in [-0.4, -0.2) is 79.2 Å². The molecular weight excluding hydrogens is 590 g/mol. The third-order valence-corrected chi connectivity index (χ3v) is 9.77. The highest BCUT2D eigenvalue weighted by molar-refractivity contribution is 5.69. The lowest BCUT2D eigenvalue weighted by Crippen LogP contribution is -2.55. The lowest BCUT2D eigenvalue weighted by atomic mass is 10.0. The van der Waals surface area contributed by atoms with E-state index in [9.17, 15) is 19.8 Å². The van der Waals surface area contributed by atoms with Gasteiger partial charge in [0.25, 0.3) is 0 Å². The van der Waals surface area contributed by atoms with Crippen molar-refractivity contribution in [2.75, 3.05) is 52.6 Å². The average molecular weight is 671 g/mol. The number of carbonyl (C=O) groups is 2. The average Bonchev–Trinajstić information content (AvgIpc) is 3.05. The molecule has 0 saturated heterocycles. The summed E-state index contributed by atoms with van der Waals surface area (Å²) in [5.74, 6) is -0.355. The van der Waals surface area contributed by atoms with Crippen molar-refractivity contribution in [1.29, 1.82) is 0 Å². The number of rotatable bonds is 38. The maximum Gasteiger partial charge on any atom is 0.305 e. The van der Waals surface area contributed by atoms with Crippen LogP contribution in [0.2, 0.25) is 0 Å². The normalized spacial score (nSPS) is 11.7. The lowest BCUT2D eigenvalue weighted by molar-refractivity contribution is -0.928. The van der Waals surface area contributed by atoms with Crippen LogP contribution in [0.1, 0.15) is 194 Å². The van der Waals surface area contributed by atoms with Gasteiger partial charge in [0, 0.05) is 12.8 Å². The summed E-state index contributed by atoms with van der Waals surface area (Å²) in [5, 5.41) is 19.4. The standard InChI is InChI=1S/C40H80NO6/c1-3-5-7-9-11-13-15-17-19-21-23-25-27-29-39(44)46-37-33-41(31-35-42,32-36-43)34-38-47-40(45)30-28-26-24-22-20-18-16-14-12-10-8-6-4-2/h42-43H,3-38H2,1-2H3/q+1. The van der Waals surface area contributed by atoms with Crippen LogP contribution in [0.4, 0.5) is 0 Å². The molecule has 0 rings (SSSR count). The molecule has 0 amide bonds. The van der Waals surface area contributed by atoms with E-state index in [-0.39, 0.29) is 38.4 Å². The molecule has 2 N–H and O–H groups in total. The zero-order chi connectivity index (χ0) is 34.5. The van der Waals surface area contributed by atoms with Gasteiger partial charge in [0.1, 0.15) is 39.4 Å². The Hall–Kier alpha value is -1.18. The zero-order valence-corrected chi connectivity index (χ0v) is 31.4. The fourth-order valence-corrected chi connectivity index (χ4v) is 6.52. The van der Waals surface area contributed by atoms with Gasteiger partial charge in [0.05, 0.1) is 13.2 Å².